The van der Waals surface area contributed by atoms with Gasteiger partial charge in [0.2, 0.25) is 11.8 Å². The van der Waals surface area contributed by atoms with Gasteiger partial charge in [0, 0.05) is 5.54 Å². The number of ether oxygens (including phenoxy) is 1. The van der Waals surface area contributed by atoms with Gasteiger partial charge in [-0.15, -0.1) is 0 Å². The maximum atomic E-state index is 12.4. The Labute approximate surface area is 126 Å². The van der Waals surface area contributed by atoms with Crippen molar-refractivity contribution in [1.29, 1.82) is 0 Å². The lowest BCUT2D eigenvalue weighted by molar-refractivity contribution is -0.139. The molecule has 0 fully saturated rings. The van der Waals surface area contributed by atoms with Crippen molar-refractivity contribution >= 4 is 17.5 Å². The highest BCUT2D eigenvalue weighted by molar-refractivity contribution is 6.10. The first-order chi connectivity index (χ1) is 9.58. The van der Waals surface area contributed by atoms with Crippen LogP contribution >= 0.6 is 0 Å². The number of hydrogen-bond acceptors (Lipinski definition) is 3. The number of benzene rings is 1. The van der Waals surface area contributed by atoms with Crippen LogP contribution in [0.3, 0.4) is 0 Å². The van der Waals surface area contributed by atoms with Crippen molar-refractivity contribution in [3.05, 3.63) is 24.3 Å². The molecule has 116 valence electrons. The van der Waals surface area contributed by atoms with Crippen molar-refractivity contribution in [3.63, 3.8) is 0 Å². The van der Waals surface area contributed by atoms with E-state index in [1.807, 2.05) is 26.8 Å². The maximum Gasteiger partial charge on any atom is 0.239 e. The molecule has 0 saturated heterocycles. The topological polar surface area (TPSA) is 67.4 Å². The van der Waals surface area contributed by atoms with E-state index in [4.69, 9.17) is 4.74 Å². The zero-order valence-corrected chi connectivity index (χ0v) is 13.5. The van der Waals surface area contributed by atoms with E-state index in [2.05, 4.69) is 10.6 Å². The van der Waals surface area contributed by atoms with Gasteiger partial charge < -0.3 is 15.4 Å². The second-order valence-corrected chi connectivity index (χ2v) is 6.48. The average Bonchev–Trinajstić information content (AvgIpc) is 2.37. The maximum absolute atomic E-state index is 12.4. The van der Waals surface area contributed by atoms with E-state index < -0.39 is 5.41 Å². The average molecular weight is 292 g/mol. The summed E-state index contributed by atoms with van der Waals surface area (Å²) in [6, 6.07) is 7.08. The molecule has 0 bridgehead atoms. The lowest BCUT2D eigenvalue weighted by Crippen LogP contribution is -2.51. The lowest BCUT2D eigenvalue weighted by atomic mass is 9.89. The summed E-state index contributed by atoms with van der Waals surface area (Å²) in [6.07, 6.45) is 0. The largest absolute Gasteiger partial charge is 0.495 e. The Morgan fingerprint density at radius 1 is 1.00 bits per heavy atom. The fourth-order valence-corrected chi connectivity index (χ4v) is 1.63. The molecule has 0 aromatic heterocycles. The van der Waals surface area contributed by atoms with Gasteiger partial charge in [0.25, 0.3) is 0 Å². The molecule has 0 aliphatic carbocycles. The van der Waals surface area contributed by atoms with Crippen LogP contribution in [-0.2, 0) is 9.59 Å². The molecule has 1 aromatic rings. The van der Waals surface area contributed by atoms with Crippen LogP contribution in [0.4, 0.5) is 5.69 Å². The van der Waals surface area contributed by atoms with Crippen molar-refractivity contribution in [2.75, 3.05) is 12.4 Å². The third-order valence-electron chi connectivity index (χ3n) is 2.98. The molecule has 2 N–H and O–H groups in total. The van der Waals surface area contributed by atoms with Gasteiger partial charge in [-0.25, -0.2) is 0 Å². The summed E-state index contributed by atoms with van der Waals surface area (Å²) in [4.78, 5) is 24.7. The summed E-state index contributed by atoms with van der Waals surface area (Å²) in [5, 5.41) is 5.57. The predicted octanol–water partition coefficient (Wildman–Crippen LogP) is 2.57. The number of carbonyl (C=O) groups excluding carboxylic acids is 2. The van der Waals surface area contributed by atoms with E-state index in [0.29, 0.717) is 11.4 Å². The minimum absolute atomic E-state index is 0.317. The van der Waals surface area contributed by atoms with Crippen LogP contribution in [0.15, 0.2) is 24.3 Å². The van der Waals surface area contributed by atoms with E-state index >= 15 is 0 Å². The Kier molecular flexibility index (Phi) is 4.99. The summed E-state index contributed by atoms with van der Waals surface area (Å²) in [5.74, 6) is -0.144. The number of rotatable bonds is 4. The van der Waals surface area contributed by atoms with E-state index in [0.717, 1.165) is 0 Å². The van der Waals surface area contributed by atoms with Crippen LogP contribution in [0.1, 0.15) is 34.6 Å². The second kappa shape index (κ2) is 6.16. The molecule has 2 amide bonds. The highest BCUT2D eigenvalue weighted by Crippen LogP contribution is 2.26. The molecule has 0 radical (unpaired) electrons. The summed E-state index contributed by atoms with van der Waals surface area (Å²) >= 11 is 0. The van der Waals surface area contributed by atoms with Gasteiger partial charge in [0.15, 0.2) is 0 Å². The third kappa shape index (κ3) is 4.48. The summed E-state index contributed by atoms with van der Waals surface area (Å²) < 4.78 is 5.18. The molecule has 5 heteroatoms. The molecular formula is C16H24N2O3. The van der Waals surface area contributed by atoms with E-state index in [1.165, 1.54) is 7.11 Å². The minimum atomic E-state index is -1.19. The SMILES string of the molecule is COc1ccccc1NC(=O)C(C)(C)C(=O)NC(C)(C)C. The molecule has 5 nitrogen and oxygen atoms in total. The number of carbonyl (C=O) groups is 2. The zero-order valence-electron chi connectivity index (χ0n) is 13.5. The van der Waals surface area contributed by atoms with Gasteiger partial charge in [-0.2, -0.15) is 0 Å². The Balaban J connectivity index is 2.89. The van der Waals surface area contributed by atoms with Crippen LogP contribution in [-0.4, -0.2) is 24.5 Å². The van der Waals surface area contributed by atoms with Crippen LogP contribution in [0, 0.1) is 5.41 Å². The Morgan fingerprint density at radius 2 is 1.57 bits per heavy atom. The smallest absolute Gasteiger partial charge is 0.239 e. The summed E-state index contributed by atoms with van der Waals surface area (Å²) in [7, 11) is 1.53. The Morgan fingerprint density at radius 3 is 2.10 bits per heavy atom. The van der Waals surface area contributed by atoms with Crippen LogP contribution in [0.2, 0.25) is 0 Å². The number of methoxy groups -OCH3 is 1. The molecule has 0 spiro atoms. The first-order valence-electron chi connectivity index (χ1n) is 6.85. The van der Waals surface area contributed by atoms with Crippen molar-refractivity contribution in [2.45, 2.75) is 40.2 Å². The van der Waals surface area contributed by atoms with Gasteiger partial charge in [0.05, 0.1) is 12.8 Å². The molecule has 1 aromatic carbocycles. The van der Waals surface area contributed by atoms with Crippen LogP contribution in [0.25, 0.3) is 0 Å². The number of para-hydroxylation sites is 2. The van der Waals surface area contributed by atoms with Gasteiger partial charge in [-0.1, -0.05) is 12.1 Å². The van der Waals surface area contributed by atoms with E-state index in [9.17, 15) is 9.59 Å². The first kappa shape index (κ1) is 17.0. The molecule has 0 saturated carbocycles. The van der Waals surface area contributed by atoms with Crippen molar-refractivity contribution < 1.29 is 14.3 Å². The fourth-order valence-electron chi connectivity index (χ4n) is 1.63. The quantitative estimate of drug-likeness (QED) is 0.838. The third-order valence-corrected chi connectivity index (χ3v) is 2.98. The Bertz CT molecular complexity index is 531. The minimum Gasteiger partial charge on any atom is -0.495 e. The van der Waals surface area contributed by atoms with Gasteiger partial charge in [0.1, 0.15) is 11.2 Å². The predicted molar refractivity (Wildman–Crippen MR) is 83.3 cm³/mol. The van der Waals surface area contributed by atoms with Crippen LogP contribution < -0.4 is 15.4 Å². The van der Waals surface area contributed by atoms with E-state index in [-0.39, 0.29) is 17.4 Å². The van der Waals surface area contributed by atoms with Crippen molar-refractivity contribution in [3.8, 4) is 5.75 Å². The van der Waals surface area contributed by atoms with Crippen LogP contribution in [0.5, 0.6) is 5.75 Å². The normalized spacial score (nSPS) is 11.7. The molecule has 1 rings (SSSR count). The number of nitrogens with one attached hydrogen (secondary N) is 2. The Hall–Kier alpha value is -2.04. The standard InChI is InChI=1S/C16H24N2O3/c1-15(2,3)18-14(20)16(4,5)13(19)17-11-9-7-8-10-12(11)21-6/h7-10H,1-6H3,(H,17,19)(H,18,20). The lowest BCUT2D eigenvalue weighted by Gasteiger charge is -2.28. The molecule has 0 aliphatic heterocycles. The highest BCUT2D eigenvalue weighted by Gasteiger charge is 2.37. The fraction of sp³-hybridized carbons (Fsp3) is 0.500. The van der Waals surface area contributed by atoms with Gasteiger partial charge >= 0.3 is 0 Å². The molecule has 0 heterocycles. The molecule has 0 unspecified atom stereocenters. The van der Waals surface area contributed by atoms with Gasteiger partial charge in [-0.05, 0) is 46.8 Å². The second-order valence-electron chi connectivity index (χ2n) is 6.48. The van der Waals surface area contributed by atoms with E-state index in [1.54, 1.807) is 32.0 Å². The number of anilines is 1. The first-order valence-corrected chi connectivity index (χ1v) is 6.85. The summed E-state index contributed by atoms with van der Waals surface area (Å²) in [6.45, 7) is 8.81. The van der Waals surface area contributed by atoms with Crippen molar-refractivity contribution in [1.82, 2.24) is 5.32 Å². The summed E-state index contributed by atoms with van der Waals surface area (Å²) in [5.41, 5.74) is -1.03. The number of hydrogen-bond donors (Lipinski definition) is 2. The highest BCUT2D eigenvalue weighted by atomic mass is 16.5. The molecular weight excluding hydrogens is 268 g/mol. The van der Waals surface area contributed by atoms with Crippen molar-refractivity contribution in [2.24, 2.45) is 5.41 Å². The molecule has 0 atom stereocenters. The molecule has 21 heavy (non-hydrogen) atoms. The molecule has 0 aliphatic rings. The zero-order chi connectivity index (χ0) is 16.3. The number of amides is 2. The van der Waals surface area contributed by atoms with Gasteiger partial charge in [-0.3, -0.25) is 9.59 Å². The monoisotopic (exact) mass is 292 g/mol.